The van der Waals surface area contributed by atoms with Crippen molar-refractivity contribution in [3.63, 3.8) is 0 Å². The Hall–Kier alpha value is -7.69. The summed E-state index contributed by atoms with van der Waals surface area (Å²) in [4.78, 5) is 17.7. The first-order valence-electron chi connectivity index (χ1n) is 19.4. The average molecular weight is 725 g/mol. The first-order valence-corrected chi connectivity index (χ1v) is 19.4. The van der Waals surface area contributed by atoms with Crippen LogP contribution >= 0.6 is 0 Å². The highest BCUT2D eigenvalue weighted by Crippen LogP contribution is 2.53. The SMILES string of the molecule is c1cc(-c2nc(-c3ccc(-c4cccc5cccnc45)cc3)c3ccccc3n2)c2cc(N3c4ccc5ccccc5c4-c4cccc5cccc3c45)ccc2c1. The Bertz CT molecular complexity index is 3410. The molecule has 0 N–H and O–H groups in total. The maximum atomic E-state index is 5.38. The Morgan fingerprint density at radius 2 is 1.07 bits per heavy atom. The van der Waals surface area contributed by atoms with Crippen molar-refractivity contribution < 1.29 is 0 Å². The van der Waals surface area contributed by atoms with Crippen LogP contribution in [0, 0.1) is 0 Å². The molecule has 4 nitrogen and oxygen atoms in total. The summed E-state index contributed by atoms with van der Waals surface area (Å²) in [5.41, 5.74) is 13.1. The van der Waals surface area contributed by atoms with Crippen LogP contribution in [0.1, 0.15) is 0 Å². The minimum absolute atomic E-state index is 0.700. The Labute approximate surface area is 329 Å². The molecule has 0 bridgehead atoms. The maximum absolute atomic E-state index is 5.38. The zero-order valence-corrected chi connectivity index (χ0v) is 30.8. The van der Waals surface area contributed by atoms with Gasteiger partial charge in [0.2, 0.25) is 0 Å². The highest BCUT2D eigenvalue weighted by atomic mass is 15.2. The molecule has 9 aromatic carbocycles. The summed E-state index contributed by atoms with van der Waals surface area (Å²) in [6.45, 7) is 0. The van der Waals surface area contributed by atoms with Gasteiger partial charge in [0.05, 0.1) is 28.1 Å². The van der Waals surface area contributed by atoms with Crippen LogP contribution in [0.2, 0.25) is 0 Å². The summed E-state index contributed by atoms with van der Waals surface area (Å²) in [5, 5.41) is 9.37. The van der Waals surface area contributed by atoms with Crippen LogP contribution in [0.4, 0.5) is 17.1 Å². The van der Waals surface area contributed by atoms with Crippen molar-refractivity contribution in [1.29, 1.82) is 0 Å². The van der Waals surface area contributed by atoms with Crippen molar-refractivity contribution >= 4 is 71.2 Å². The molecule has 1 aliphatic heterocycles. The molecular formula is C53H32N4. The lowest BCUT2D eigenvalue weighted by atomic mass is 9.87. The number of anilines is 3. The van der Waals surface area contributed by atoms with Crippen LogP contribution in [0.3, 0.4) is 0 Å². The molecule has 4 heteroatoms. The summed E-state index contributed by atoms with van der Waals surface area (Å²) in [6, 6.07) is 67.3. The molecule has 0 spiro atoms. The van der Waals surface area contributed by atoms with E-state index in [0.717, 1.165) is 66.2 Å². The smallest absolute Gasteiger partial charge is 0.161 e. The molecule has 0 saturated heterocycles. The van der Waals surface area contributed by atoms with Gasteiger partial charge in [-0.2, -0.15) is 0 Å². The minimum atomic E-state index is 0.700. The summed E-state index contributed by atoms with van der Waals surface area (Å²) in [6.07, 6.45) is 1.86. The number of para-hydroxylation sites is 2. The Morgan fingerprint density at radius 3 is 1.96 bits per heavy atom. The fourth-order valence-corrected chi connectivity index (χ4v) is 9.01. The number of benzene rings is 9. The van der Waals surface area contributed by atoms with Gasteiger partial charge in [-0.15, -0.1) is 0 Å². The average Bonchev–Trinajstić information content (AvgIpc) is 3.28. The lowest BCUT2D eigenvalue weighted by molar-refractivity contribution is 1.23. The summed E-state index contributed by atoms with van der Waals surface area (Å²) < 4.78 is 0. The van der Waals surface area contributed by atoms with E-state index in [1.54, 1.807) is 0 Å². The van der Waals surface area contributed by atoms with Crippen molar-refractivity contribution in [2.45, 2.75) is 0 Å². The number of aromatic nitrogens is 3. The normalized spacial score (nSPS) is 12.2. The number of hydrogen-bond acceptors (Lipinski definition) is 4. The van der Waals surface area contributed by atoms with Gasteiger partial charge in [0, 0.05) is 50.3 Å². The molecule has 264 valence electrons. The summed E-state index contributed by atoms with van der Waals surface area (Å²) in [7, 11) is 0. The molecular weight excluding hydrogens is 693 g/mol. The van der Waals surface area contributed by atoms with Gasteiger partial charge in [-0.1, -0.05) is 152 Å². The van der Waals surface area contributed by atoms with E-state index < -0.39 is 0 Å². The lowest BCUT2D eigenvalue weighted by Crippen LogP contribution is -2.15. The second kappa shape index (κ2) is 12.4. The van der Waals surface area contributed by atoms with E-state index in [0.29, 0.717) is 5.82 Å². The standard InChI is InChI=1S/C53H32N4/c1-2-16-40-33(10-1)28-30-48-50(40)44-20-6-12-36-13-8-22-47(49(36)44)57(48)39-29-27-34-11-5-19-42(45(34)32-39)53-55-46-21-4-3-17-43(46)52(56-53)38-25-23-35(24-26-38)41-18-7-14-37-15-9-31-54-51(37)41/h1-32H. The van der Waals surface area contributed by atoms with Crippen molar-refractivity contribution in [2.75, 3.05) is 4.90 Å². The molecule has 3 heterocycles. The zero-order chi connectivity index (χ0) is 37.5. The summed E-state index contributed by atoms with van der Waals surface area (Å²) in [5.74, 6) is 0.700. The maximum Gasteiger partial charge on any atom is 0.161 e. The van der Waals surface area contributed by atoms with Gasteiger partial charge in [-0.25, -0.2) is 9.97 Å². The molecule has 0 radical (unpaired) electrons. The Morgan fingerprint density at radius 1 is 0.404 bits per heavy atom. The van der Waals surface area contributed by atoms with Crippen molar-refractivity contribution in [2.24, 2.45) is 0 Å². The van der Waals surface area contributed by atoms with Crippen LogP contribution in [-0.4, -0.2) is 15.0 Å². The van der Waals surface area contributed by atoms with E-state index in [-0.39, 0.29) is 0 Å². The highest BCUT2D eigenvalue weighted by Gasteiger charge is 2.28. The molecule has 2 aromatic heterocycles. The minimum Gasteiger partial charge on any atom is -0.309 e. The van der Waals surface area contributed by atoms with E-state index in [2.05, 4.69) is 187 Å². The Kier molecular flexibility index (Phi) is 6.89. The second-order valence-corrected chi connectivity index (χ2v) is 14.8. The molecule has 11 aromatic rings. The van der Waals surface area contributed by atoms with Gasteiger partial charge in [0.15, 0.2) is 5.82 Å². The van der Waals surface area contributed by atoms with Crippen molar-refractivity contribution in [3.05, 3.63) is 194 Å². The van der Waals surface area contributed by atoms with Crippen molar-refractivity contribution in [1.82, 2.24) is 15.0 Å². The first-order chi connectivity index (χ1) is 28.3. The predicted molar refractivity (Wildman–Crippen MR) is 237 cm³/mol. The van der Waals surface area contributed by atoms with Crippen LogP contribution in [-0.2, 0) is 0 Å². The molecule has 0 saturated carbocycles. The van der Waals surface area contributed by atoms with Crippen molar-refractivity contribution in [3.8, 4) is 44.9 Å². The largest absolute Gasteiger partial charge is 0.309 e. The zero-order valence-electron chi connectivity index (χ0n) is 30.8. The van der Waals surface area contributed by atoms with Crippen LogP contribution in [0.15, 0.2) is 194 Å². The third kappa shape index (κ3) is 4.91. The molecule has 0 aliphatic carbocycles. The van der Waals surface area contributed by atoms with Gasteiger partial charge in [0.25, 0.3) is 0 Å². The Balaban J connectivity index is 1.03. The monoisotopic (exact) mass is 724 g/mol. The van der Waals surface area contributed by atoms with E-state index in [4.69, 9.17) is 15.0 Å². The third-order valence-electron chi connectivity index (χ3n) is 11.6. The molecule has 0 unspecified atom stereocenters. The number of rotatable bonds is 4. The van der Waals surface area contributed by atoms with Gasteiger partial charge in [0.1, 0.15) is 0 Å². The van der Waals surface area contributed by atoms with Gasteiger partial charge in [-0.3, -0.25) is 4.98 Å². The van der Waals surface area contributed by atoms with Gasteiger partial charge < -0.3 is 4.90 Å². The molecule has 0 fully saturated rings. The number of pyridine rings is 1. The first kappa shape index (κ1) is 31.6. The number of nitrogens with zero attached hydrogens (tertiary/aromatic N) is 4. The second-order valence-electron chi connectivity index (χ2n) is 14.8. The molecule has 12 rings (SSSR count). The number of fused-ring (bicyclic) bond motifs is 7. The van der Waals surface area contributed by atoms with Gasteiger partial charge >= 0.3 is 0 Å². The fraction of sp³-hybridized carbons (Fsp3) is 0. The molecule has 0 amide bonds. The van der Waals surface area contributed by atoms with E-state index in [1.165, 1.54) is 44.0 Å². The number of hydrogen-bond donors (Lipinski definition) is 0. The summed E-state index contributed by atoms with van der Waals surface area (Å²) >= 11 is 0. The van der Waals surface area contributed by atoms with E-state index in [1.807, 2.05) is 12.3 Å². The molecule has 0 atom stereocenters. The topological polar surface area (TPSA) is 41.9 Å². The lowest BCUT2D eigenvalue weighted by Gasteiger charge is -2.34. The third-order valence-corrected chi connectivity index (χ3v) is 11.6. The van der Waals surface area contributed by atoms with Crippen LogP contribution in [0.5, 0.6) is 0 Å². The molecule has 57 heavy (non-hydrogen) atoms. The van der Waals surface area contributed by atoms with E-state index >= 15 is 0 Å². The molecule has 1 aliphatic rings. The highest BCUT2D eigenvalue weighted by molar-refractivity contribution is 6.19. The van der Waals surface area contributed by atoms with Gasteiger partial charge in [-0.05, 0) is 74.5 Å². The predicted octanol–water partition coefficient (Wildman–Crippen LogP) is 14.1. The van der Waals surface area contributed by atoms with E-state index in [9.17, 15) is 0 Å². The quantitative estimate of drug-likeness (QED) is 0.181. The van der Waals surface area contributed by atoms with Crippen LogP contribution in [0.25, 0.3) is 99.0 Å². The fourth-order valence-electron chi connectivity index (χ4n) is 9.01. The van der Waals surface area contributed by atoms with Crippen LogP contribution < -0.4 is 4.90 Å².